The van der Waals surface area contributed by atoms with Crippen molar-refractivity contribution in [2.45, 2.75) is 32.7 Å². The van der Waals surface area contributed by atoms with Crippen LogP contribution in [0.15, 0.2) is 5.38 Å². The topological polar surface area (TPSA) is 71.2 Å². The van der Waals surface area contributed by atoms with Crippen molar-refractivity contribution in [1.29, 1.82) is 0 Å². The molecule has 1 fully saturated rings. The van der Waals surface area contributed by atoms with Gasteiger partial charge >= 0.3 is 0 Å². The van der Waals surface area contributed by atoms with Gasteiger partial charge in [-0.3, -0.25) is 9.69 Å². The fourth-order valence-electron chi connectivity index (χ4n) is 2.44. The van der Waals surface area contributed by atoms with Gasteiger partial charge in [-0.15, -0.1) is 11.3 Å². The molecule has 3 N–H and O–H groups in total. The van der Waals surface area contributed by atoms with Crippen molar-refractivity contribution < 1.29 is 4.79 Å². The molecule has 1 aliphatic heterocycles. The summed E-state index contributed by atoms with van der Waals surface area (Å²) in [6.07, 6.45) is 2.29. The number of likely N-dealkylation sites (tertiary alicyclic amines) is 1. The molecule has 1 aliphatic rings. The summed E-state index contributed by atoms with van der Waals surface area (Å²) in [5, 5.41) is 5.47. The molecule has 2 heterocycles. The lowest BCUT2D eigenvalue weighted by Crippen LogP contribution is -2.45. The number of anilines is 1. The highest BCUT2D eigenvalue weighted by Crippen LogP contribution is 2.19. The molecule has 2 unspecified atom stereocenters. The molecule has 2 rings (SSSR count). The van der Waals surface area contributed by atoms with E-state index in [1.807, 2.05) is 19.2 Å². The zero-order valence-corrected chi connectivity index (χ0v) is 12.4. The number of nitrogens with two attached hydrogens (primary N) is 1. The number of piperidine rings is 1. The fourth-order valence-corrected chi connectivity index (χ4v) is 3.14. The van der Waals surface area contributed by atoms with Gasteiger partial charge in [-0.25, -0.2) is 4.98 Å². The molecule has 6 heteroatoms. The van der Waals surface area contributed by atoms with Gasteiger partial charge in [0, 0.05) is 18.0 Å². The van der Waals surface area contributed by atoms with Crippen LogP contribution in [0.5, 0.6) is 0 Å². The molecule has 106 valence electrons. The molecule has 0 aliphatic carbocycles. The summed E-state index contributed by atoms with van der Waals surface area (Å²) in [6.45, 7) is 6.30. The Balaban J connectivity index is 1.81. The van der Waals surface area contributed by atoms with Crippen LogP contribution >= 0.6 is 11.3 Å². The van der Waals surface area contributed by atoms with E-state index in [0.717, 1.165) is 25.2 Å². The van der Waals surface area contributed by atoms with Crippen molar-refractivity contribution in [3.8, 4) is 0 Å². The Kier molecular flexibility index (Phi) is 4.90. The molecule has 0 radical (unpaired) electrons. The number of aromatic nitrogens is 1. The number of hydrogen-bond donors (Lipinski definition) is 2. The summed E-state index contributed by atoms with van der Waals surface area (Å²) in [5.74, 6) is 0.517. The van der Waals surface area contributed by atoms with Crippen LogP contribution in [0.25, 0.3) is 0 Å². The van der Waals surface area contributed by atoms with E-state index in [4.69, 9.17) is 5.73 Å². The van der Waals surface area contributed by atoms with Gasteiger partial charge in [0.2, 0.25) is 5.91 Å². The first-order valence-corrected chi connectivity index (χ1v) is 7.62. The van der Waals surface area contributed by atoms with Gasteiger partial charge in [0.1, 0.15) is 0 Å². The van der Waals surface area contributed by atoms with Gasteiger partial charge in [0.15, 0.2) is 5.13 Å². The largest absolute Gasteiger partial charge is 0.328 e. The maximum atomic E-state index is 11.9. The monoisotopic (exact) mass is 282 g/mol. The lowest BCUT2D eigenvalue weighted by atomic mass is 9.92. The van der Waals surface area contributed by atoms with Gasteiger partial charge in [-0.05, 0) is 39.2 Å². The van der Waals surface area contributed by atoms with Crippen LogP contribution < -0.4 is 11.1 Å². The third-order valence-electron chi connectivity index (χ3n) is 3.52. The predicted octanol–water partition coefficient (Wildman–Crippen LogP) is 1.45. The second-order valence-electron chi connectivity index (χ2n) is 5.34. The molecule has 1 aromatic rings. The SMILES string of the molecule is Cc1csc(NC(=O)CN2CCCC(C(C)N)C2)n1. The normalized spacial score (nSPS) is 22.2. The molecule has 5 nitrogen and oxygen atoms in total. The minimum atomic E-state index is 0.0136. The molecular weight excluding hydrogens is 260 g/mol. The Morgan fingerprint density at radius 1 is 1.74 bits per heavy atom. The summed E-state index contributed by atoms with van der Waals surface area (Å²) in [4.78, 5) is 18.4. The lowest BCUT2D eigenvalue weighted by Gasteiger charge is -2.34. The number of aryl methyl sites for hydroxylation is 1. The number of amides is 1. The summed E-state index contributed by atoms with van der Waals surface area (Å²) in [5.41, 5.74) is 6.89. The molecule has 0 aromatic carbocycles. The van der Waals surface area contributed by atoms with Gasteiger partial charge in [0.25, 0.3) is 0 Å². The number of nitrogens with zero attached hydrogens (tertiary/aromatic N) is 2. The zero-order valence-electron chi connectivity index (χ0n) is 11.6. The average Bonchev–Trinajstić information content (AvgIpc) is 2.74. The number of carbonyl (C=O) groups excluding carboxylic acids is 1. The summed E-state index contributed by atoms with van der Waals surface area (Å²) < 4.78 is 0. The molecule has 0 spiro atoms. The fraction of sp³-hybridized carbons (Fsp3) is 0.692. The summed E-state index contributed by atoms with van der Waals surface area (Å²) in [6, 6.07) is 0.201. The molecule has 1 amide bonds. The number of rotatable bonds is 4. The quantitative estimate of drug-likeness (QED) is 0.877. The van der Waals surface area contributed by atoms with E-state index in [-0.39, 0.29) is 11.9 Å². The molecule has 2 atom stereocenters. The van der Waals surface area contributed by atoms with Crippen molar-refractivity contribution in [3.05, 3.63) is 11.1 Å². The van der Waals surface area contributed by atoms with Gasteiger partial charge in [-0.2, -0.15) is 0 Å². The average molecular weight is 282 g/mol. The van der Waals surface area contributed by atoms with Crippen LogP contribution in [-0.4, -0.2) is 41.5 Å². The number of hydrogen-bond acceptors (Lipinski definition) is 5. The Bertz CT molecular complexity index is 432. The van der Waals surface area contributed by atoms with E-state index >= 15 is 0 Å². The molecule has 0 saturated carbocycles. The van der Waals surface area contributed by atoms with E-state index in [9.17, 15) is 4.79 Å². The minimum absolute atomic E-state index is 0.0136. The smallest absolute Gasteiger partial charge is 0.240 e. The van der Waals surface area contributed by atoms with E-state index in [0.29, 0.717) is 17.6 Å². The van der Waals surface area contributed by atoms with Crippen molar-refractivity contribution in [2.24, 2.45) is 11.7 Å². The standard InChI is InChI=1S/C13H22N4OS/c1-9-8-19-13(15-9)16-12(18)7-17-5-3-4-11(6-17)10(2)14/h8,10-11H,3-7,14H2,1-2H3,(H,15,16,18). The second kappa shape index (κ2) is 6.45. The third-order valence-corrected chi connectivity index (χ3v) is 4.39. The van der Waals surface area contributed by atoms with Gasteiger partial charge in [0.05, 0.1) is 12.2 Å². The zero-order chi connectivity index (χ0) is 13.8. The van der Waals surface area contributed by atoms with E-state index in [1.165, 1.54) is 17.8 Å². The van der Waals surface area contributed by atoms with E-state index < -0.39 is 0 Å². The highest BCUT2D eigenvalue weighted by Gasteiger charge is 2.24. The Labute approximate surface area is 118 Å². The molecule has 1 saturated heterocycles. The van der Waals surface area contributed by atoms with Crippen LogP contribution in [-0.2, 0) is 4.79 Å². The summed E-state index contributed by atoms with van der Waals surface area (Å²) in [7, 11) is 0. The first-order chi connectivity index (χ1) is 9.04. The second-order valence-corrected chi connectivity index (χ2v) is 6.20. The third kappa shape index (κ3) is 4.26. The number of nitrogens with one attached hydrogen (secondary N) is 1. The van der Waals surface area contributed by atoms with Crippen molar-refractivity contribution in [2.75, 3.05) is 25.0 Å². The van der Waals surface area contributed by atoms with Crippen LogP contribution in [0.3, 0.4) is 0 Å². The Morgan fingerprint density at radius 2 is 2.53 bits per heavy atom. The first-order valence-electron chi connectivity index (χ1n) is 6.74. The molecule has 0 bridgehead atoms. The highest BCUT2D eigenvalue weighted by atomic mass is 32.1. The van der Waals surface area contributed by atoms with Gasteiger partial charge in [-0.1, -0.05) is 0 Å². The van der Waals surface area contributed by atoms with Gasteiger partial charge < -0.3 is 11.1 Å². The first kappa shape index (κ1) is 14.4. The van der Waals surface area contributed by atoms with Crippen LogP contribution in [0, 0.1) is 12.8 Å². The van der Waals surface area contributed by atoms with E-state index in [1.54, 1.807) is 0 Å². The van der Waals surface area contributed by atoms with Crippen molar-refractivity contribution in [3.63, 3.8) is 0 Å². The number of carbonyl (C=O) groups is 1. The highest BCUT2D eigenvalue weighted by molar-refractivity contribution is 7.13. The van der Waals surface area contributed by atoms with Crippen LogP contribution in [0.1, 0.15) is 25.5 Å². The van der Waals surface area contributed by atoms with Crippen molar-refractivity contribution in [1.82, 2.24) is 9.88 Å². The maximum absolute atomic E-state index is 11.9. The van der Waals surface area contributed by atoms with Crippen molar-refractivity contribution >= 4 is 22.4 Å². The number of thiazole rings is 1. The minimum Gasteiger partial charge on any atom is -0.328 e. The molecule has 1 aromatic heterocycles. The Morgan fingerprint density at radius 3 is 3.16 bits per heavy atom. The summed E-state index contributed by atoms with van der Waals surface area (Å²) >= 11 is 1.46. The van der Waals surface area contributed by atoms with Crippen LogP contribution in [0.2, 0.25) is 0 Å². The molecule has 19 heavy (non-hydrogen) atoms. The van der Waals surface area contributed by atoms with Crippen LogP contribution in [0.4, 0.5) is 5.13 Å². The maximum Gasteiger partial charge on any atom is 0.240 e. The van der Waals surface area contributed by atoms with E-state index in [2.05, 4.69) is 15.2 Å². The molecular formula is C13H22N4OS. The lowest BCUT2D eigenvalue weighted by molar-refractivity contribution is -0.117. The Hall–Kier alpha value is -0.980. The predicted molar refractivity (Wildman–Crippen MR) is 78.3 cm³/mol.